The zero-order valence-corrected chi connectivity index (χ0v) is 11.4. The molecule has 0 radical (unpaired) electrons. The summed E-state index contributed by atoms with van der Waals surface area (Å²) in [6, 6.07) is 7.84. The second-order valence-corrected chi connectivity index (χ2v) is 5.90. The lowest BCUT2D eigenvalue weighted by atomic mass is 9.71. The number of carbonyl (C=O) groups is 2. The molecule has 3 rings (SSSR count). The Balaban J connectivity index is 1.68. The van der Waals surface area contributed by atoms with Crippen LogP contribution in [0.4, 0.5) is 11.4 Å². The van der Waals surface area contributed by atoms with E-state index < -0.39 is 0 Å². The first-order valence-electron chi connectivity index (χ1n) is 7.00. The van der Waals surface area contributed by atoms with Gasteiger partial charge in [-0.3, -0.25) is 14.9 Å². The van der Waals surface area contributed by atoms with Crippen LogP contribution in [0.15, 0.2) is 24.3 Å². The smallest absolute Gasteiger partial charge is 0.227 e. The van der Waals surface area contributed by atoms with Crippen LogP contribution in [0.5, 0.6) is 0 Å². The number of imide groups is 1. The summed E-state index contributed by atoms with van der Waals surface area (Å²) in [5.74, 6) is -0.246. The minimum Gasteiger partial charge on any atom is -0.399 e. The molecular formula is C15H19N3O2. The van der Waals surface area contributed by atoms with Gasteiger partial charge in [0, 0.05) is 37.3 Å². The van der Waals surface area contributed by atoms with Crippen molar-refractivity contribution in [2.45, 2.75) is 25.7 Å². The molecule has 1 spiro atoms. The fourth-order valence-corrected chi connectivity index (χ4v) is 3.27. The molecule has 0 saturated carbocycles. The Kier molecular flexibility index (Phi) is 3.12. The maximum Gasteiger partial charge on any atom is 0.227 e. The van der Waals surface area contributed by atoms with Gasteiger partial charge in [0.15, 0.2) is 0 Å². The summed E-state index contributed by atoms with van der Waals surface area (Å²) in [4.78, 5) is 25.4. The number of hydrogen-bond acceptors (Lipinski definition) is 4. The maximum absolute atomic E-state index is 11.6. The van der Waals surface area contributed by atoms with E-state index in [2.05, 4.69) is 10.2 Å². The second kappa shape index (κ2) is 4.81. The molecule has 5 heteroatoms. The van der Waals surface area contributed by atoms with E-state index in [0.29, 0.717) is 12.8 Å². The molecule has 20 heavy (non-hydrogen) atoms. The van der Waals surface area contributed by atoms with E-state index in [1.807, 2.05) is 24.3 Å². The third kappa shape index (κ3) is 2.48. The number of nitrogens with zero attached hydrogens (tertiary/aromatic N) is 1. The molecule has 3 N–H and O–H groups in total. The van der Waals surface area contributed by atoms with Crippen molar-refractivity contribution in [1.29, 1.82) is 0 Å². The monoisotopic (exact) mass is 273 g/mol. The summed E-state index contributed by atoms with van der Waals surface area (Å²) in [5.41, 5.74) is 7.49. The lowest BCUT2D eigenvalue weighted by Gasteiger charge is -2.43. The van der Waals surface area contributed by atoms with E-state index in [-0.39, 0.29) is 17.2 Å². The van der Waals surface area contributed by atoms with Crippen molar-refractivity contribution in [3.8, 4) is 0 Å². The molecule has 5 nitrogen and oxygen atoms in total. The number of benzene rings is 1. The molecule has 0 bridgehead atoms. The van der Waals surface area contributed by atoms with Crippen LogP contribution in [-0.4, -0.2) is 24.9 Å². The number of nitrogens with two attached hydrogens (primary N) is 1. The quantitative estimate of drug-likeness (QED) is 0.597. The molecule has 1 aromatic carbocycles. The number of rotatable bonds is 1. The normalized spacial score (nSPS) is 21.9. The number of piperidine rings is 2. The molecule has 2 aliphatic heterocycles. The van der Waals surface area contributed by atoms with Gasteiger partial charge in [-0.15, -0.1) is 0 Å². The zero-order valence-electron chi connectivity index (χ0n) is 11.4. The molecule has 0 aromatic heterocycles. The van der Waals surface area contributed by atoms with Crippen molar-refractivity contribution in [1.82, 2.24) is 5.32 Å². The molecule has 106 valence electrons. The van der Waals surface area contributed by atoms with E-state index in [9.17, 15) is 9.59 Å². The summed E-state index contributed by atoms with van der Waals surface area (Å²) >= 11 is 0. The number of anilines is 2. The molecule has 0 atom stereocenters. The highest BCUT2D eigenvalue weighted by Gasteiger charge is 2.41. The van der Waals surface area contributed by atoms with Gasteiger partial charge in [-0.05, 0) is 42.5 Å². The van der Waals surface area contributed by atoms with Crippen molar-refractivity contribution in [2.24, 2.45) is 5.41 Å². The predicted molar refractivity (Wildman–Crippen MR) is 77.1 cm³/mol. The average Bonchev–Trinajstić information content (AvgIpc) is 2.39. The van der Waals surface area contributed by atoms with Crippen molar-refractivity contribution < 1.29 is 9.59 Å². The van der Waals surface area contributed by atoms with Crippen LogP contribution in [0.1, 0.15) is 25.7 Å². The van der Waals surface area contributed by atoms with Gasteiger partial charge in [0.25, 0.3) is 0 Å². The van der Waals surface area contributed by atoms with Gasteiger partial charge in [0.1, 0.15) is 0 Å². The van der Waals surface area contributed by atoms with Gasteiger partial charge in [-0.2, -0.15) is 0 Å². The van der Waals surface area contributed by atoms with E-state index in [1.54, 1.807) is 0 Å². The third-order valence-corrected chi connectivity index (χ3v) is 4.43. The molecule has 1 aromatic rings. The van der Waals surface area contributed by atoms with Crippen LogP contribution in [0.3, 0.4) is 0 Å². The Hall–Kier alpha value is -2.04. The van der Waals surface area contributed by atoms with Gasteiger partial charge in [0.2, 0.25) is 11.8 Å². The van der Waals surface area contributed by atoms with Crippen LogP contribution >= 0.6 is 0 Å². The largest absolute Gasteiger partial charge is 0.399 e. The fraction of sp³-hybridized carbons (Fsp3) is 0.467. The number of amides is 2. The van der Waals surface area contributed by atoms with Crippen LogP contribution in [-0.2, 0) is 9.59 Å². The highest BCUT2D eigenvalue weighted by Crippen LogP contribution is 2.41. The standard InChI is InChI=1S/C15H19N3O2/c16-11-1-3-12(4-2-11)18-7-5-15(6-8-18)9-13(19)17-14(20)10-15/h1-4H,5-10,16H2,(H,17,19,20). The summed E-state index contributed by atoms with van der Waals surface area (Å²) in [7, 11) is 0. The Bertz CT molecular complexity index is 513. The molecule has 2 fully saturated rings. The molecule has 2 aliphatic rings. The highest BCUT2D eigenvalue weighted by molar-refractivity contribution is 5.98. The molecule has 2 heterocycles. The van der Waals surface area contributed by atoms with Crippen molar-refractivity contribution in [3.05, 3.63) is 24.3 Å². The topological polar surface area (TPSA) is 75.4 Å². The first-order chi connectivity index (χ1) is 9.56. The van der Waals surface area contributed by atoms with Crippen molar-refractivity contribution >= 4 is 23.2 Å². The fourth-order valence-electron chi connectivity index (χ4n) is 3.27. The van der Waals surface area contributed by atoms with Crippen molar-refractivity contribution in [2.75, 3.05) is 23.7 Å². The maximum atomic E-state index is 11.6. The molecule has 2 saturated heterocycles. The molecule has 0 aliphatic carbocycles. The van der Waals surface area contributed by atoms with E-state index in [4.69, 9.17) is 5.73 Å². The summed E-state index contributed by atoms with van der Waals surface area (Å²) in [6.07, 6.45) is 2.73. The minimum absolute atomic E-state index is 0.121. The zero-order chi connectivity index (χ0) is 14.2. The summed E-state index contributed by atoms with van der Waals surface area (Å²) in [6.45, 7) is 1.76. The lowest BCUT2D eigenvalue weighted by Crippen LogP contribution is -2.50. The molecule has 0 unspecified atom stereocenters. The molecular weight excluding hydrogens is 254 g/mol. The van der Waals surface area contributed by atoms with Gasteiger partial charge in [-0.25, -0.2) is 0 Å². The Labute approximate surface area is 118 Å². The van der Waals surface area contributed by atoms with Crippen molar-refractivity contribution in [3.63, 3.8) is 0 Å². The van der Waals surface area contributed by atoms with Crippen LogP contribution in [0, 0.1) is 5.41 Å². The van der Waals surface area contributed by atoms with Crippen LogP contribution in [0.2, 0.25) is 0 Å². The predicted octanol–water partition coefficient (Wildman–Crippen LogP) is 1.29. The first-order valence-corrected chi connectivity index (χ1v) is 7.00. The van der Waals surface area contributed by atoms with Crippen LogP contribution < -0.4 is 16.0 Å². The highest BCUT2D eigenvalue weighted by atomic mass is 16.2. The Morgan fingerprint density at radius 2 is 1.55 bits per heavy atom. The number of hydrogen-bond donors (Lipinski definition) is 2. The first kappa shape index (κ1) is 13.0. The number of nitrogens with one attached hydrogen (secondary N) is 1. The summed E-state index contributed by atoms with van der Waals surface area (Å²) < 4.78 is 0. The molecule has 2 amide bonds. The SMILES string of the molecule is Nc1ccc(N2CCC3(CC2)CC(=O)NC(=O)C3)cc1. The van der Waals surface area contributed by atoms with E-state index in [0.717, 1.165) is 37.3 Å². The van der Waals surface area contributed by atoms with Gasteiger partial charge < -0.3 is 10.6 Å². The number of nitrogen functional groups attached to an aromatic ring is 1. The minimum atomic E-state index is -0.123. The van der Waals surface area contributed by atoms with Gasteiger partial charge in [0.05, 0.1) is 0 Å². The van der Waals surface area contributed by atoms with E-state index >= 15 is 0 Å². The average molecular weight is 273 g/mol. The Morgan fingerprint density at radius 3 is 2.10 bits per heavy atom. The lowest BCUT2D eigenvalue weighted by molar-refractivity contribution is -0.138. The van der Waals surface area contributed by atoms with Gasteiger partial charge in [-0.1, -0.05) is 0 Å². The Morgan fingerprint density at radius 1 is 1.00 bits per heavy atom. The van der Waals surface area contributed by atoms with Gasteiger partial charge >= 0.3 is 0 Å². The third-order valence-electron chi connectivity index (χ3n) is 4.43. The second-order valence-electron chi connectivity index (χ2n) is 5.90. The number of carbonyl (C=O) groups excluding carboxylic acids is 2. The van der Waals surface area contributed by atoms with Crippen LogP contribution in [0.25, 0.3) is 0 Å². The summed E-state index contributed by atoms with van der Waals surface area (Å²) in [5, 5.41) is 2.39. The van der Waals surface area contributed by atoms with E-state index in [1.165, 1.54) is 0 Å².